The van der Waals surface area contributed by atoms with Gasteiger partial charge in [-0.1, -0.05) is 58.0 Å². The molecule has 0 spiro atoms. The summed E-state index contributed by atoms with van der Waals surface area (Å²) in [5.41, 5.74) is 1.48. The fourth-order valence-electron chi connectivity index (χ4n) is 3.36. The van der Waals surface area contributed by atoms with Crippen molar-refractivity contribution < 1.29 is 14.7 Å². The second kappa shape index (κ2) is 9.15. The lowest BCUT2D eigenvalue weighted by Gasteiger charge is -2.28. The zero-order valence-corrected chi connectivity index (χ0v) is 17.2. The number of hydrogen-bond donors (Lipinski definition) is 3. The smallest absolute Gasteiger partial charge is 0.242 e. The summed E-state index contributed by atoms with van der Waals surface area (Å²) in [6.07, 6.45) is -0.605. The normalized spacial score (nSPS) is 14.9. The molecule has 6 heteroatoms. The highest BCUT2D eigenvalue weighted by molar-refractivity contribution is 5.87. The van der Waals surface area contributed by atoms with Crippen molar-refractivity contribution in [2.45, 2.75) is 59.2 Å². The molecule has 28 heavy (non-hydrogen) atoms. The largest absolute Gasteiger partial charge is 0.386 e. The van der Waals surface area contributed by atoms with Crippen LogP contribution in [-0.2, 0) is 9.59 Å². The first-order chi connectivity index (χ1) is 13.1. The van der Waals surface area contributed by atoms with Gasteiger partial charge in [0.05, 0.1) is 6.04 Å². The highest BCUT2D eigenvalue weighted by atomic mass is 16.3. The molecule has 2 amide bonds. The Bertz CT molecular complexity index is 819. The topological polar surface area (TPSA) is 95.5 Å². The van der Waals surface area contributed by atoms with E-state index < -0.39 is 18.2 Å². The number of benzene rings is 1. The predicted molar refractivity (Wildman–Crippen MR) is 109 cm³/mol. The standard InChI is InChI=1S/C22H30N2O4/c1-12(2)11-16(23-14(5)25)22(28)24-19(13(3)4)21(27)18-17(20(18)26)15-9-7-6-8-10-15/h6-10,12-13,16,19,21,27H,11H2,1-5H3,(H,23,25)(H,24,28)/t16-,19-,21-/m0/s1. The van der Waals surface area contributed by atoms with Crippen LogP contribution in [0.1, 0.15) is 52.7 Å². The monoisotopic (exact) mass is 386 g/mol. The van der Waals surface area contributed by atoms with E-state index in [0.29, 0.717) is 17.5 Å². The minimum atomic E-state index is -1.09. The molecule has 6 nitrogen and oxygen atoms in total. The average Bonchev–Trinajstić information content (AvgIpc) is 3.29. The van der Waals surface area contributed by atoms with Crippen molar-refractivity contribution in [1.82, 2.24) is 10.6 Å². The van der Waals surface area contributed by atoms with Crippen LogP contribution < -0.4 is 16.1 Å². The van der Waals surface area contributed by atoms with Gasteiger partial charge in [0.2, 0.25) is 11.8 Å². The molecule has 2 rings (SSSR count). The van der Waals surface area contributed by atoms with E-state index in [-0.39, 0.29) is 29.1 Å². The van der Waals surface area contributed by atoms with Crippen molar-refractivity contribution in [3.05, 3.63) is 46.1 Å². The Balaban J connectivity index is 2.18. The lowest BCUT2D eigenvalue weighted by atomic mass is 9.95. The highest BCUT2D eigenvalue weighted by Crippen LogP contribution is 2.33. The van der Waals surface area contributed by atoms with Gasteiger partial charge in [-0.05, 0) is 23.8 Å². The molecule has 2 aromatic rings. The van der Waals surface area contributed by atoms with Crippen LogP contribution in [0.3, 0.4) is 0 Å². The van der Waals surface area contributed by atoms with Gasteiger partial charge in [-0.25, -0.2) is 0 Å². The van der Waals surface area contributed by atoms with E-state index in [2.05, 4.69) is 10.6 Å². The van der Waals surface area contributed by atoms with Crippen molar-refractivity contribution in [1.29, 1.82) is 0 Å². The van der Waals surface area contributed by atoms with Crippen LogP contribution >= 0.6 is 0 Å². The molecular formula is C22H30N2O4. The van der Waals surface area contributed by atoms with Crippen molar-refractivity contribution in [2.75, 3.05) is 0 Å². The van der Waals surface area contributed by atoms with Gasteiger partial charge in [0.15, 0.2) is 5.43 Å². The van der Waals surface area contributed by atoms with Gasteiger partial charge in [-0.15, -0.1) is 0 Å². The predicted octanol–water partition coefficient (Wildman–Crippen LogP) is 2.31. The summed E-state index contributed by atoms with van der Waals surface area (Å²) in [4.78, 5) is 36.5. The molecule has 0 bridgehead atoms. The van der Waals surface area contributed by atoms with Crippen LogP contribution in [0.4, 0.5) is 0 Å². The number of nitrogens with one attached hydrogen (secondary N) is 2. The van der Waals surface area contributed by atoms with E-state index >= 15 is 0 Å². The van der Waals surface area contributed by atoms with Gasteiger partial charge in [0.25, 0.3) is 0 Å². The van der Waals surface area contributed by atoms with E-state index in [1.807, 2.05) is 58.0 Å². The van der Waals surface area contributed by atoms with Crippen LogP contribution in [0.5, 0.6) is 0 Å². The first kappa shape index (κ1) is 21.8. The number of amides is 2. The zero-order valence-electron chi connectivity index (χ0n) is 17.2. The van der Waals surface area contributed by atoms with Crippen LogP contribution in [0.25, 0.3) is 11.1 Å². The molecular weight excluding hydrogens is 356 g/mol. The Hall–Kier alpha value is -2.47. The Morgan fingerprint density at radius 2 is 1.64 bits per heavy atom. The first-order valence-electron chi connectivity index (χ1n) is 9.73. The number of rotatable bonds is 9. The Morgan fingerprint density at radius 1 is 1.04 bits per heavy atom. The van der Waals surface area contributed by atoms with Crippen molar-refractivity contribution >= 4 is 11.8 Å². The van der Waals surface area contributed by atoms with E-state index in [1.165, 1.54) is 6.92 Å². The van der Waals surface area contributed by atoms with Gasteiger partial charge in [0.1, 0.15) is 12.1 Å². The number of aliphatic hydroxyl groups excluding tert-OH is 1. The summed E-state index contributed by atoms with van der Waals surface area (Å²) in [5.74, 6) is -0.526. The number of aliphatic hydroxyl groups is 1. The summed E-state index contributed by atoms with van der Waals surface area (Å²) in [6, 6.07) is 7.88. The highest BCUT2D eigenvalue weighted by Gasteiger charge is 2.37. The third-order valence-electron chi connectivity index (χ3n) is 4.81. The van der Waals surface area contributed by atoms with E-state index in [0.717, 1.165) is 5.56 Å². The van der Waals surface area contributed by atoms with Gasteiger partial charge in [-0.3, -0.25) is 14.4 Å². The van der Waals surface area contributed by atoms with Crippen LogP contribution in [-0.4, -0.2) is 29.0 Å². The summed E-state index contributed by atoms with van der Waals surface area (Å²) < 4.78 is 0. The molecule has 0 aliphatic carbocycles. The summed E-state index contributed by atoms with van der Waals surface area (Å²) >= 11 is 0. The molecule has 152 valence electrons. The Kier molecular flexibility index (Phi) is 7.13. The maximum Gasteiger partial charge on any atom is 0.242 e. The fraction of sp³-hybridized carbons (Fsp3) is 0.500. The molecule has 0 saturated carbocycles. The summed E-state index contributed by atoms with van der Waals surface area (Å²) in [6.45, 7) is 9.06. The molecule has 0 fully saturated rings. The van der Waals surface area contributed by atoms with Gasteiger partial charge in [0, 0.05) is 18.1 Å². The number of hydrogen-bond acceptors (Lipinski definition) is 4. The lowest BCUT2D eigenvalue weighted by molar-refractivity contribution is -0.129. The fourth-order valence-corrected chi connectivity index (χ4v) is 3.36. The van der Waals surface area contributed by atoms with Gasteiger partial charge in [-0.2, -0.15) is 0 Å². The molecule has 0 aliphatic heterocycles. The Labute approximate surface area is 166 Å². The molecule has 0 saturated heterocycles. The average molecular weight is 386 g/mol. The zero-order chi connectivity index (χ0) is 21.0. The third kappa shape index (κ3) is 5.29. The van der Waals surface area contributed by atoms with Crippen LogP contribution in [0.15, 0.2) is 35.1 Å². The number of carbonyl (C=O) groups excluding carboxylic acids is 2. The van der Waals surface area contributed by atoms with Crippen molar-refractivity contribution in [2.24, 2.45) is 11.8 Å². The van der Waals surface area contributed by atoms with Crippen LogP contribution in [0, 0.1) is 11.8 Å². The second-order valence-electron chi connectivity index (χ2n) is 8.09. The van der Waals surface area contributed by atoms with E-state index in [1.54, 1.807) is 0 Å². The molecule has 2 aromatic carbocycles. The quantitative estimate of drug-likeness (QED) is 0.616. The summed E-state index contributed by atoms with van der Waals surface area (Å²) in [5, 5.41) is 16.4. The van der Waals surface area contributed by atoms with Crippen LogP contribution in [0.2, 0.25) is 0 Å². The third-order valence-corrected chi connectivity index (χ3v) is 4.81. The first-order valence-corrected chi connectivity index (χ1v) is 9.73. The lowest BCUT2D eigenvalue weighted by Crippen LogP contribution is -2.52. The SMILES string of the molecule is CC(=O)N[C@@H](CC(C)C)C(=O)N[C@@H](C(C)C)[C@@H](O)c1c(-c2ccccc2)c1=O. The maximum absolute atomic E-state index is 12.8. The minimum Gasteiger partial charge on any atom is -0.386 e. The molecule has 0 radical (unpaired) electrons. The molecule has 0 aromatic heterocycles. The molecule has 0 heterocycles. The minimum absolute atomic E-state index is 0.103. The van der Waals surface area contributed by atoms with Crippen molar-refractivity contribution in [3.63, 3.8) is 0 Å². The molecule has 0 unspecified atom stereocenters. The van der Waals surface area contributed by atoms with Crippen molar-refractivity contribution in [3.8, 4) is 11.1 Å². The summed E-state index contributed by atoms with van der Waals surface area (Å²) in [7, 11) is 0. The van der Waals surface area contributed by atoms with E-state index in [4.69, 9.17) is 0 Å². The molecule has 3 atom stereocenters. The second-order valence-corrected chi connectivity index (χ2v) is 8.09. The molecule has 3 N–H and O–H groups in total. The number of carbonyl (C=O) groups is 2. The van der Waals surface area contributed by atoms with Gasteiger partial charge >= 0.3 is 0 Å². The molecule has 0 aliphatic rings. The van der Waals surface area contributed by atoms with Gasteiger partial charge < -0.3 is 15.7 Å². The van der Waals surface area contributed by atoms with E-state index in [9.17, 15) is 19.5 Å². The Morgan fingerprint density at radius 3 is 2.14 bits per heavy atom. The maximum atomic E-state index is 12.8.